The SMILES string of the molecule is CC(C)C1CC(CN)(NCC2(C)CCCO2)C1. The highest BCUT2D eigenvalue weighted by atomic mass is 16.5. The Morgan fingerprint density at radius 3 is 2.59 bits per heavy atom. The van der Waals surface area contributed by atoms with Crippen LogP contribution in [0.5, 0.6) is 0 Å². The summed E-state index contributed by atoms with van der Waals surface area (Å²) in [5.41, 5.74) is 6.20. The molecule has 1 saturated carbocycles. The third-order valence-corrected chi connectivity index (χ3v) is 4.78. The number of hydrogen-bond acceptors (Lipinski definition) is 3. The molecule has 3 nitrogen and oxygen atoms in total. The van der Waals surface area contributed by atoms with Gasteiger partial charge in [0, 0.05) is 25.2 Å². The fourth-order valence-corrected chi connectivity index (χ4v) is 3.15. The third-order valence-electron chi connectivity index (χ3n) is 4.78. The highest BCUT2D eigenvalue weighted by Gasteiger charge is 2.45. The van der Waals surface area contributed by atoms with E-state index in [4.69, 9.17) is 10.5 Å². The van der Waals surface area contributed by atoms with Crippen LogP contribution in [0.3, 0.4) is 0 Å². The highest BCUT2D eigenvalue weighted by Crippen LogP contribution is 2.42. The van der Waals surface area contributed by atoms with Gasteiger partial charge in [0.2, 0.25) is 0 Å². The van der Waals surface area contributed by atoms with Crippen molar-refractivity contribution in [3.8, 4) is 0 Å². The van der Waals surface area contributed by atoms with Crippen LogP contribution in [0.15, 0.2) is 0 Å². The highest BCUT2D eigenvalue weighted by molar-refractivity contribution is 5.03. The zero-order valence-corrected chi connectivity index (χ0v) is 11.6. The quantitative estimate of drug-likeness (QED) is 0.771. The summed E-state index contributed by atoms with van der Waals surface area (Å²) in [6.45, 7) is 9.47. The van der Waals surface area contributed by atoms with E-state index in [1.807, 2.05) is 0 Å². The van der Waals surface area contributed by atoms with E-state index >= 15 is 0 Å². The maximum atomic E-state index is 5.96. The largest absolute Gasteiger partial charge is 0.374 e. The molecular weight excluding hydrogens is 212 g/mol. The lowest BCUT2D eigenvalue weighted by Gasteiger charge is -2.50. The fraction of sp³-hybridized carbons (Fsp3) is 1.00. The monoisotopic (exact) mass is 240 g/mol. The van der Waals surface area contributed by atoms with Crippen LogP contribution in [0, 0.1) is 11.8 Å². The molecule has 2 aliphatic rings. The molecule has 3 N–H and O–H groups in total. The molecule has 2 rings (SSSR count). The maximum Gasteiger partial charge on any atom is 0.0779 e. The minimum absolute atomic E-state index is 0.0467. The van der Waals surface area contributed by atoms with Gasteiger partial charge in [0.1, 0.15) is 0 Å². The Hall–Kier alpha value is -0.120. The average Bonchev–Trinajstić information content (AvgIpc) is 2.64. The van der Waals surface area contributed by atoms with Crippen LogP contribution in [-0.4, -0.2) is 30.8 Å². The molecule has 100 valence electrons. The van der Waals surface area contributed by atoms with Gasteiger partial charge in [-0.05, 0) is 44.4 Å². The second kappa shape index (κ2) is 4.87. The summed E-state index contributed by atoms with van der Waals surface area (Å²) < 4.78 is 5.82. The van der Waals surface area contributed by atoms with Crippen LogP contribution in [0.25, 0.3) is 0 Å². The number of hydrogen-bond donors (Lipinski definition) is 2. The molecule has 0 aromatic carbocycles. The van der Waals surface area contributed by atoms with Gasteiger partial charge in [-0.1, -0.05) is 13.8 Å². The summed E-state index contributed by atoms with van der Waals surface area (Å²) in [6, 6.07) is 0. The Labute approximate surface area is 105 Å². The van der Waals surface area contributed by atoms with Gasteiger partial charge in [0.05, 0.1) is 5.60 Å². The smallest absolute Gasteiger partial charge is 0.0779 e. The number of ether oxygens (including phenoxy) is 1. The molecule has 1 aliphatic carbocycles. The molecule has 1 heterocycles. The number of rotatable bonds is 5. The van der Waals surface area contributed by atoms with Gasteiger partial charge >= 0.3 is 0 Å². The topological polar surface area (TPSA) is 47.3 Å². The second-order valence-electron chi connectivity index (χ2n) is 6.65. The summed E-state index contributed by atoms with van der Waals surface area (Å²) in [7, 11) is 0. The minimum atomic E-state index is 0.0467. The molecule has 0 radical (unpaired) electrons. The van der Waals surface area contributed by atoms with Crippen molar-refractivity contribution in [2.45, 2.75) is 57.6 Å². The molecule has 1 saturated heterocycles. The molecule has 17 heavy (non-hydrogen) atoms. The molecule has 2 fully saturated rings. The van der Waals surface area contributed by atoms with Crippen LogP contribution < -0.4 is 11.1 Å². The lowest BCUT2D eigenvalue weighted by atomic mass is 9.64. The first-order valence-corrected chi connectivity index (χ1v) is 7.08. The number of nitrogens with two attached hydrogens (primary N) is 1. The Kier molecular flexibility index (Phi) is 3.81. The van der Waals surface area contributed by atoms with Crippen molar-refractivity contribution in [2.24, 2.45) is 17.6 Å². The molecule has 1 unspecified atom stereocenters. The summed E-state index contributed by atoms with van der Waals surface area (Å²) >= 11 is 0. The molecule has 0 aromatic heterocycles. The lowest BCUT2D eigenvalue weighted by Crippen LogP contribution is -2.63. The predicted molar refractivity (Wildman–Crippen MR) is 70.9 cm³/mol. The van der Waals surface area contributed by atoms with E-state index in [1.54, 1.807) is 0 Å². The molecule has 0 spiro atoms. The molecular formula is C14H28N2O. The van der Waals surface area contributed by atoms with Crippen LogP contribution in [0.1, 0.15) is 46.5 Å². The maximum absolute atomic E-state index is 5.96. The summed E-state index contributed by atoms with van der Waals surface area (Å²) in [5.74, 6) is 1.64. The first-order valence-electron chi connectivity index (χ1n) is 7.08. The van der Waals surface area contributed by atoms with Crippen molar-refractivity contribution >= 4 is 0 Å². The van der Waals surface area contributed by atoms with Crippen LogP contribution in [0.4, 0.5) is 0 Å². The normalized spacial score (nSPS) is 41.8. The predicted octanol–water partition coefficient (Wildman–Crippen LogP) is 1.91. The first-order chi connectivity index (χ1) is 7.99. The van der Waals surface area contributed by atoms with Gasteiger partial charge in [-0.25, -0.2) is 0 Å². The van der Waals surface area contributed by atoms with Gasteiger partial charge in [-0.3, -0.25) is 0 Å². The molecule has 1 aliphatic heterocycles. The van der Waals surface area contributed by atoms with Crippen LogP contribution >= 0.6 is 0 Å². The third kappa shape index (κ3) is 2.83. The molecule has 1 atom stereocenters. The minimum Gasteiger partial charge on any atom is -0.374 e. The van der Waals surface area contributed by atoms with Gasteiger partial charge in [-0.15, -0.1) is 0 Å². The zero-order chi connectivity index (χ0) is 12.5. The fourth-order valence-electron chi connectivity index (χ4n) is 3.15. The molecule has 3 heteroatoms. The van der Waals surface area contributed by atoms with E-state index in [0.29, 0.717) is 0 Å². The van der Waals surface area contributed by atoms with Gasteiger partial charge < -0.3 is 15.8 Å². The Balaban J connectivity index is 1.81. The summed E-state index contributed by atoms with van der Waals surface area (Å²) in [4.78, 5) is 0. The van der Waals surface area contributed by atoms with E-state index < -0.39 is 0 Å². The Morgan fingerprint density at radius 2 is 2.12 bits per heavy atom. The van der Waals surface area contributed by atoms with E-state index in [1.165, 1.54) is 25.7 Å². The van der Waals surface area contributed by atoms with Gasteiger partial charge in [0.15, 0.2) is 0 Å². The summed E-state index contributed by atoms with van der Waals surface area (Å²) in [5, 5.41) is 3.70. The van der Waals surface area contributed by atoms with Gasteiger partial charge in [-0.2, -0.15) is 0 Å². The van der Waals surface area contributed by atoms with Crippen molar-refractivity contribution in [3.63, 3.8) is 0 Å². The second-order valence-corrected chi connectivity index (χ2v) is 6.65. The van der Waals surface area contributed by atoms with Crippen LogP contribution in [-0.2, 0) is 4.74 Å². The Bertz CT molecular complexity index is 253. The molecule has 0 aromatic rings. The van der Waals surface area contributed by atoms with E-state index in [9.17, 15) is 0 Å². The van der Waals surface area contributed by atoms with Crippen molar-refractivity contribution in [2.75, 3.05) is 19.7 Å². The summed E-state index contributed by atoms with van der Waals surface area (Å²) in [6.07, 6.45) is 4.84. The average molecular weight is 240 g/mol. The van der Waals surface area contributed by atoms with Crippen LogP contribution in [0.2, 0.25) is 0 Å². The Morgan fingerprint density at radius 1 is 1.41 bits per heavy atom. The van der Waals surface area contributed by atoms with E-state index in [-0.39, 0.29) is 11.1 Å². The van der Waals surface area contributed by atoms with E-state index in [2.05, 4.69) is 26.1 Å². The van der Waals surface area contributed by atoms with Crippen molar-refractivity contribution in [3.05, 3.63) is 0 Å². The van der Waals surface area contributed by atoms with Crippen molar-refractivity contribution < 1.29 is 4.74 Å². The van der Waals surface area contributed by atoms with Gasteiger partial charge in [0.25, 0.3) is 0 Å². The number of nitrogens with one attached hydrogen (secondary N) is 1. The zero-order valence-electron chi connectivity index (χ0n) is 11.6. The standard InChI is InChI=1S/C14H28N2O/c1-11(2)12-7-14(8-12,9-15)16-10-13(3)5-4-6-17-13/h11-12,16H,4-10,15H2,1-3H3. The van der Waals surface area contributed by atoms with Crippen molar-refractivity contribution in [1.29, 1.82) is 0 Å². The first kappa shape index (κ1) is 13.3. The molecule has 0 amide bonds. The molecule has 0 bridgehead atoms. The van der Waals surface area contributed by atoms with Crippen molar-refractivity contribution in [1.82, 2.24) is 5.32 Å². The van der Waals surface area contributed by atoms with E-state index in [0.717, 1.165) is 31.5 Å². The lowest BCUT2D eigenvalue weighted by molar-refractivity contribution is -0.00292.